The second kappa shape index (κ2) is 7.54. The van der Waals surface area contributed by atoms with Gasteiger partial charge in [0.1, 0.15) is 0 Å². The molecule has 1 heterocycles. The molecule has 1 aromatic heterocycles. The Kier molecular flexibility index (Phi) is 5.72. The molecule has 0 unspecified atom stereocenters. The largest absolute Gasteiger partial charge is 0.493 e. The number of ether oxygens (including phenoxy) is 2. The average Bonchev–Trinajstić information content (AvgIpc) is 2.86. The highest BCUT2D eigenvalue weighted by atomic mass is 127. The summed E-state index contributed by atoms with van der Waals surface area (Å²) in [6, 6.07) is 3.60. The van der Waals surface area contributed by atoms with Gasteiger partial charge < -0.3 is 9.47 Å². The van der Waals surface area contributed by atoms with Crippen LogP contribution in [0.2, 0.25) is 0 Å². The van der Waals surface area contributed by atoms with Gasteiger partial charge in [-0.2, -0.15) is 5.10 Å². The first-order valence-corrected chi connectivity index (χ1v) is 8.22. The first-order chi connectivity index (χ1) is 10.5. The third-order valence-electron chi connectivity index (χ3n) is 2.49. The summed E-state index contributed by atoms with van der Waals surface area (Å²) in [4.78, 5) is 15.4. The van der Waals surface area contributed by atoms with E-state index in [2.05, 4.69) is 38.1 Å². The first-order valence-electron chi connectivity index (χ1n) is 6.26. The minimum Gasteiger partial charge on any atom is -0.493 e. The molecule has 0 fully saturated rings. The molecule has 0 aliphatic rings. The Balaban J connectivity index is 2.17. The lowest BCUT2D eigenvalue weighted by atomic mass is 10.2. The number of halogens is 1. The SMILES string of the molecule is COc1cc(C=NNc2nc(C)cs2)cc(I)c1OC(C)=O. The Hall–Kier alpha value is -1.68. The third-order valence-corrected chi connectivity index (χ3v) is 4.16. The van der Waals surface area contributed by atoms with Crippen molar-refractivity contribution in [3.63, 3.8) is 0 Å². The number of rotatable bonds is 5. The van der Waals surface area contributed by atoms with Crippen molar-refractivity contribution >= 4 is 51.2 Å². The van der Waals surface area contributed by atoms with Gasteiger partial charge in [-0.05, 0) is 47.2 Å². The summed E-state index contributed by atoms with van der Waals surface area (Å²) in [5.41, 5.74) is 4.63. The molecule has 2 rings (SSSR count). The summed E-state index contributed by atoms with van der Waals surface area (Å²) < 4.78 is 11.2. The van der Waals surface area contributed by atoms with Crippen molar-refractivity contribution in [2.45, 2.75) is 13.8 Å². The van der Waals surface area contributed by atoms with Gasteiger partial charge in [-0.25, -0.2) is 4.98 Å². The van der Waals surface area contributed by atoms with Crippen LogP contribution in [0.4, 0.5) is 5.13 Å². The fourth-order valence-corrected chi connectivity index (χ4v) is 3.00. The normalized spacial score (nSPS) is 10.7. The number of aryl methyl sites for hydroxylation is 1. The molecule has 0 saturated heterocycles. The smallest absolute Gasteiger partial charge is 0.308 e. The maximum absolute atomic E-state index is 11.1. The van der Waals surface area contributed by atoms with Gasteiger partial charge in [0.2, 0.25) is 5.13 Å². The Morgan fingerprint density at radius 3 is 2.86 bits per heavy atom. The molecule has 0 spiro atoms. The zero-order valence-electron chi connectivity index (χ0n) is 12.2. The molecular formula is C14H14IN3O3S. The highest BCUT2D eigenvalue weighted by Crippen LogP contribution is 2.33. The summed E-state index contributed by atoms with van der Waals surface area (Å²) in [7, 11) is 1.52. The number of aromatic nitrogens is 1. The van der Waals surface area contributed by atoms with E-state index in [9.17, 15) is 4.79 Å². The quantitative estimate of drug-likeness (QED) is 0.258. The molecule has 0 atom stereocenters. The second-order valence-electron chi connectivity index (χ2n) is 4.29. The van der Waals surface area contributed by atoms with Gasteiger partial charge in [0.05, 0.1) is 22.6 Å². The summed E-state index contributed by atoms with van der Waals surface area (Å²) in [6.45, 7) is 3.27. The van der Waals surface area contributed by atoms with Gasteiger partial charge >= 0.3 is 5.97 Å². The number of anilines is 1. The van der Waals surface area contributed by atoms with Crippen LogP contribution in [0.25, 0.3) is 0 Å². The molecule has 8 heteroatoms. The predicted octanol–water partition coefficient (Wildman–Crippen LogP) is 3.44. The first kappa shape index (κ1) is 16.7. The van der Waals surface area contributed by atoms with Crippen molar-refractivity contribution in [2.24, 2.45) is 5.10 Å². The minimum absolute atomic E-state index is 0.390. The summed E-state index contributed by atoms with van der Waals surface area (Å²) >= 11 is 3.57. The molecule has 0 aliphatic carbocycles. The van der Waals surface area contributed by atoms with E-state index in [0.29, 0.717) is 11.5 Å². The number of carbonyl (C=O) groups excluding carboxylic acids is 1. The molecule has 0 amide bonds. The number of nitrogens with zero attached hydrogens (tertiary/aromatic N) is 2. The Morgan fingerprint density at radius 1 is 1.50 bits per heavy atom. The van der Waals surface area contributed by atoms with Gasteiger partial charge in [-0.15, -0.1) is 11.3 Å². The van der Waals surface area contributed by atoms with E-state index in [0.717, 1.165) is 20.0 Å². The van der Waals surface area contributed by atoms with Gasteiger partial charge in [0, 0.05) is 12.3 Å². The number of esters is 1. The van der Waals surface area contributed by atoms with E-state index in [1.807, 2.05) is 18.4 Å². The second-order valence-corrected chi connectivity index (χ2v) is 6.31. The molecule has 116 valence electrons. The summed E-state index contributed by atoms with van der Waals surface area (Å²) in [5.74, 6) is 0.503. The lowest BCUT2D eigenvalue weighted by molar-refractivity contribution is -0.132. The van der Waals surface area contributed by atoms with Crippen molar-refractivity contribution in [1.29, 1.82) is 0 Å². The van der Waals surface area contributed by atoms with Crippen LogP contribution in [0.5, 0.6) is 11.5 Å². The molecule has 0 radical (unpaired) electrons. The molecule has 0 bridgehead atoms. The summed E-state index contributed by atoms with van der Waals surface area (Å²) in [6.07, 6.45) is 1.65. The molecule has 22 heavy (non-hydrogen) atoms. The Morgan fingerprint density at radius 2 is 2.27 bits per heavy atom. The van der Waals surface area contributed by atoms with E-state index in [-0.39, 0.29) is 0 Å². The van der Waals surface area contributed by atoms with Gasteiger partial charge in [0.15, 0.2) is 11.5 Å². The van der Waals surface area contributed by atoms with Gasteiger partial charge in [-0.1, -0.05) is 0 Å². The standard InChI is InChI=1S/C14H14IN3O3S/c1-8-7-22-14(17-8)18-16-6-10-4-11(15)13(21-9(2)19)12(5-10)20-3/h4-7H,1-3H3,(H,17,18). The van der Waals surface area contributed by atoms with Crippen molar-refractivity contribution in [1.82, 2.24) is 4.98 Å². The fourth-order valence-electron chi connectivity index (χ4n) is 1.62. The van der Waals surface area contributed by atoms with E-state index in [4.69, 9.17) is 9.47 Å². The lowest BCUT2D eigenvalue weighted by Gasteiger charge is -2.10. The van der Waals surface area contributed by atoms with Crippen LogP contribution in [-0.4, -0.2) is 24.3 Å². The zero-order valence-corrected chi connectivity index (χ0v) is 15.2. The van der Waals surface area contributed by atoms with E-state index in [1.54, 1.807) is 12.3 Å². The number of hydrogen-bond acceptors (Lipinski definition) is 7. The Labute approximate surface area is 145 Å². The molecular weight excluding hydrogens is 417 g/mol. The van der Waals surface area contributed by atoms with Crippen molar-refractivity contribution in [3.8, 4) is 11.5 Å². The number of hydrogen-bond donors (Lipinski definition) is 1. The van der Waals surface area contributed by atoms with Crippen LogP contribution < -0.4 is 14.9 Å². The number of nitrogens with one attached hydrogen (secondary N) is 1. The van der Waals surface area contributed by atoms with Crippen LogP contribution in [0.15, 0.2) is 22.6 Å². The topological polar surface area (TPSA) is 72.8 Å². The highest BCUT2D eigenvalue weighted by Gasteiger charge is 2.13. The van der Waals surface area contributed by atoms with Crippen LogP contribution in [0.3, 0.4) is 0 Å². The molecule has 0 aliphatic heterocycles. The third kappa shape index (κ3) is 4.41. The maximum atomic E-state index is 11.1. The number of benzene rings is 1. The van der Waals surface area contributed by atoms with Crippen molar-refractivity contribution in [2.75, 3.05) is 12.5 Å². The van der Waals surface area contributed by atoms with E-state index >= 15 is 0 Å². The van der Waals surface area contributed by atoms with Crippen molar-refractivity contribution in [3.05, 3.63) is 32.3 Å². The number of methoxy groups -OCH3 is 1. The predicted molar refractivity (Wildman–Crippen MR) is 95.1 cm³/mol. The monoisotopic (exact) mass is 431 g/mol. The average molecular weight is 431 g/mol. The van der Waals surface area contributed by atoms with Crippen LogP contribution in [0.1, 0.15) is 18.2 Å². The lowest BCUT2D eigenvalue weighted by Crippen LogP contribution is -2.05. The Bertz CT molecular complexity index is 715. The fraction of sp³-hybridized carbons (Fsp3) is 0.214. The highest BCUT2D eigenvalue weighted by molar-refractivity contribution is 14.1. The number of hydrazone groups is 1. The summed E-state index contributed by atoms with van der Waals surface area (Å²) in [5, 5.41) is 6.81. The van der Waals surface area contributed by atoms with Crippen LogP contribution in [0, 0.1) is 10.5 Å². The van der Waals surface area contributed by atoms with Crippen molar-refractivity contribution < 1.29 is 14.3 Å². The van der Waals surface area contributed by atoms with E-state index < -0.39 is 5.97 Å². The molecule has 6 nitrogen and oxygen atoms in total. The molecule has 1 N–H and O–H groups in total. The molecule has 2 aromatic rings. The number of thiazole rings is 1. The minimum atomic E-state index is -0.390. The number of carbonyl (C=O) groups is 1. The van der Waals surface area contributed by atoms with Crippen LogP contribution >= 0.6 is 33.9 Å². The van der Waals surface area contributed by atoms with Gasteiger partial charge in [-0.3, -0.25) is 10.2 Å². The zero-order chi connectivity index (χ0) is 16.1. The van der Waals surface area contributed by atoms with E-state index in [1.165, 1.54) is 25.4 Å². The molecule has 0 saturated carbocycles. The van der Waals surface area contributed by atoms with Gasteiger partial charge in [0.25, 0.3) is 0 Å². The molecule has 1 aromatic carbocycles. The maximum Gasteiger partial charge on any atom is 0.308 e. The van der Waals surface area contributed by atoms with Crippen LogP contribution in [-0.2, 0) is 4.79 Å².